The van der Waals surface area contributed by atoms with E-state index >= 15 is 0 Å². The number of methoxy groups -OCH3 is 2. The Morgan fingerprint density at radius 2 is 1.66 bits per heavy atom. The molecule has 0 saturated heterocycles. The van der Waals surface area contributed by atoms with E-state index in [0.29, 0.717) is 27.8 Å². The summed E-state index contributed by atoms with van der Waals surface area (Å²) in [6, 6.07) is 16.9. The summed E-state index contributed by atoms with van der Waals surface area (Å²) in [6.45, 7) is 0. The van der Waals surface area contributed by atoms with Crippen LogP contribution in [-0.4, -0.2) is 26.0 Å². The number of rotatable bonds is 6. The number of carbonyl (C=O) groups excluding carboxylic acids is 2. The molecule has 0 bridgehead atoms. The number of hydrogen-bond acceptors (Lipinski definition) is 5. The number of anilines is 2. The van der Waals surface area contributed by atoms with Crippen molar-refractivity contribution in [3.05, 3.63) is 88.8 Å². The van der Waals surface area contributed by atoms with Crippen molar-refractivity contribution in [2.75, 3.05) is 24.4 Å². The Labute approximate surface area is 188 Å². The molecule has 0 radical (unpaired) electrons. The van der Waals surface area contributed by atoms with Gasteiger partial charge in [-0.25, -0.2) is 9.29 Å². The van der Waals surface area contributed by atoms with Crippen LogP contribution >= 0.6 is 11.6 Å². The molecule has 6 nitrogen and oxygen atoms in total. The molecule has 1 N–H and O–H groups in total. The van der Waals surface area contributed by atoms with Gasteiger partial charge in [0.05, 0.1) is 31.2 Å². The van der Waals surface area contributed by atoms with Gasteiger partial charge >= 0.3 is 0 Å². The molecule has 4 rings (SSSR count). The lowest BCUT2D eigenvalue weighted by molar-refractivity contribution is -0.120. The summed E-state index contributed by atoms with van der Waals surface area (Å²) in [5.41, 5.74) is 1.24. The monoisotopic (exact) mass is 452 g/mol. The quantitative estimate of drug-likeness (QED) is 0.539. The van der Waals surface area contributed by atoms with Gasteiger partial charge in [-0.05, 0) is 48.0 Å². The molecule has 1 aliphatic rings. The van der Waals surface area contributed by atoms with Crippen LogP contribution in [0, 0.1) is 5.82 Å². The van der Waals surface area contributed by atoms with Crippen molar-refractivity contribution < 1.29 is 23.5 Å². The number of nitrogens with zero attached hydrogens (tertiary/aromatic N) is 1. The predicted molar refractivity (Wildman–Crippen MR) is 120 cm³/mol. The molecule has 1 aliphatic heterocycles. The predicted octanol–water partition coefficient (Wildman–Crippen LogP) is 4.89. The van der Waals surface area contributed by atoms with Crippen LogP contribution in [0.2, 0.25) is 5.02 Å². The maximum atomic E-state index is 13.8. The Morgan fingerprint density at radius 3 is 2.31 bits per heavy atom. The summed E-state index contributed by atoms with van der Waals surface area (Å²) in [7, 11) is 3.01. The molecule has 32 heavy (non-hydrogen) atoms. The zero-order valence-corrected chi connectivity index (χ0v) is 17.9. The molecule has 3 aromatic rings. The zero-order chi connectivity index (χ0) is 22.8. The van der Waals surface area contributed by atoms with Gasteiger partial charge in [0.2, 0.25) is 0 Å². The Morgan fingerprint density at radius 1 is 0.906 bits per heavy atom. The first kappa shape index (κ1) is 21.4. The Bertz CT molecular complexity index is 1240. The maximum absolute atomic E-state index is 13.8. The van der Waals surface area contributed by atoms with Gasteiger partial charge in [0.1, 0.15) is 23.0 Å². The molecule has 2 amide bonds. The highest BCUT2D eigenvalue weighted by Crippen LogP contribution is 2.37. The first-order chi connectivity index (χ1) is 15.4. The minimum absolute atomic E-state index is 0.0325. The summed E-state index contributed by atoms with van der Waals surface area (Å²) in [5, 5.41) is 3.52. The summed E-state index contributed by atoms with van der Waals surface area (Å²) in [6.07, 6.45) is 0. The minimum atomic E-state index is -0.622. The number of amides is 2. The molecule has 0 unspecified atom stereocenters. The molecule has 8 heteroatoms. The van der Waals surface area contributed by atoms with Gasteiger partial charge < -0.3 is 14.8 Å². The summed E-state index contributed by atoms with van der Waals surface area (Å²) >= 11 is 6.00. The summed E-state index contributed by atoms with van der Waals surface area (Å²) < 4.78 is 24.4. The van der Waals surface area contributed by atoms with Crippen molar-refractivity contribution >= 4 is 40.4 Å². The van der Waals surface area contributed by atoms with Crippen LogP contribution < -0.4 is 19.7 Å². The highest BCUT2D eigenvalue weighted by Gasteiger charge is 2.40. The molecular formula is C24H18ClFN2O4. The van der Waals surface area contributed by atoms with Gasteiger partial charge in [-0.3, -0.25) is 9.59 Å². The number of halogens is 2. The van der Waals surface area contributed by atoms with Crippen molar-refractivity contribution in [1.29, 1.82) is 0 Å². The van der Waals surface area contributed by atoms with Crippen LogP contribution in [0.25, 0.3) is 5.57 Å². The molecule has 0 saturated carbocycles. The second kappa shape index (κ2) is 8.72. The summed E-state index contributed by atoms with van der Waals surface area (Å²) in [5.74, 6) is -0.790. The normalized spacial score (nSPS) is 13.6. The number of nitrogens with one attached hydrogen (secondary N) is 1. The fourth-order valence-electron chi connectivity index (χ4n) is 3.42. The second-order valence-electron chi connectivity index (χ2n) is 6.87. The molecule has 3 aromatic carbocycles. The highest BCUT2D eigenvalue weighted by atomic mass is 35.5. The van der Waals surface area contributed by atoms with E-state index in [0.717, 1.165) is 11.0 Å². The van der Waals surface area contributed by atoms with Gasteiger partial charge in [-0.2, -0.15) is 0 Å². The van der Waals surface area contributed by atoms with Crippen LogP contribution in [0.5, 0.6) is 11.5 Å². The SMILES string of the molecule is COc1ccc(NC2=C(c3ccc(Cl)cc3)C(=O)N(c3cccc(F)c3)C2=O)c(OC)c1. The van der Waals surface area contributed by atoms with Crippen molar-refractivity contribution in [1.82, 2.24) is 0 Å². The third-order valence-corrected chi connectivity index (χ3v) is 5.20. The number of carbonyl (C=O) groups is 2. The largest absolute Gasteiger partial charge is 0.497 e. The molecule has 0 aliphatic carbocycles. The van der Waals surface area contributed by atoms with E-state index in [-0.39, 0.29) is 17.0 Å². The zero-order valence-electron chi connectivity index (χ0n) is 17.2. The molecule has 162 valence electrons. The Kier molecular flexibility index (Phi) is 5.83. The van der Waals surface area contributed by atoms with Crippen molar-refractivity contribution in [2.45, 2.75) is 0 Å². The van der Waals surface area contributed by atoms with Gasteiger partial charge in [0.15, 0.2) is 0 Å². The van der Waals surface area contributed by atoms with Crippen molar-refractivity contribution in [3.63, 3.8) is 0 Å². The average Bonchev–Trinajstić information content (AvgIpc) is 3.04. The Hall–Kier alpha value is -3.84. The van der Waals surface area contributed by atoms with Crippen LogP contribution in [0.3, 0.4) is 0 Å². The standard InChI is InChI=1S/C24H18ClFN2O4/c1-31-18-10-11-19(20(13-18)32-2)27-22-21(14-6-8-15(25)9-7-14)23(29)28(24(22)30)17-5-3-4-16(26)12-17/h3-13,27H,1-2H3. The Balaban J connectivity index is 1.84. The van der Waals surface area contributed by atoms with E-state index in [1.165, 1.54) is 32.4 Å². The number of hydrogen-bond donors (Lipinski definition) is 1. The number of ether oxygens (including phenoxy) is 2. The molecular weight excluding hydrogens is 435 g/mol. The van der Waals surface area contributed by atoms with Crippen molar-refractivity contribution in [2.24, 2.45) is 0 Å². The van der Waals surface area contributed by atoms with Crippen molar-refractivity contribution in [3.8, 4) is 11.5 Å². The third kappa shape index (κ3) is 3.90. The lowest BCUT2D eigenvalue weighted by Gasteiger charge is -2.16. The number of imide groups is 1. The van der Waals surface area contributed by atoms with E-state index in [1.54, 1.807) is 42.5 Å². The van der Waals surface area contributed by atoms with Crippen LogP contribution in [0.4, 0.5) is 15.8 Å². The lowest BCUT2D eigenvalue weighted by Crippen LogP contribution is -2.32. The van der Waals surface area contributed by atoms with E-state index in [9.17, 15) is 14.0 Å². The van der Waals surface area contributed by atoms with E-state index < -0.39 is 17.6 Å². The molecule has 1 heterocycles. The maximum Gasteiger partial charge on any atom is 0.282 e. The lowest BCUT2D eigenvalue weighted by atomic mass is 10.0. The van der Waals surface area contributed by atoms with Crippen LogP contribution in [-0.2, 0) is 9.59 Å². The van der Waals surface area contributed by atoms with Gasteiger partial charge in [0.25, 0.3) is 11.8 Å². The minimum Gasteiger partial charge on any atom is -0.497 e. The highest BCUT2D eigenvalue weighted by molar-refractivity contribution is 6.46. The van der Waals surface area contributed by atoms with E-state index in [2.05, 4.69) is 5.32 Å². The molecule has 0 fully saturated rings. The number of benzene rings is 3. The van der Waals surface area contributed by atoms with E-state index in [1.807, 2.05) is 0 Å². The van der Waals surface area contributed by atoms with Gasteiger partial charge in [-0.1, -0.05) is 29.8 Å². The smallest absolute Gasteiger partial charge is 0.282 e. The summed E-state index contributed by atoms with van der Waals surface area (Å²) in [4.78, 5) is 27.7. The fraction of sp³-hybridized carbons (Fsp3) is 0.0833. The average molecular weight is 453 g/mol. The third-order valence-electron chi connectivity index (χ3n) is 4.95. The second-order valence-corrected chi connectivity index (χ2v) is 7.31. The van der Waals surface area contributed by atoms with Crippen LogP contribution in [0.15, 0.2) is 72.4 Å². The van der Waals surface area contributed by atoms with Gasteiger partial charge in [-0.15, -0.1) is 0 Å². The van der Waals surface area contributed by atoms with Gasteiger partial charge in [0, 0.05) is 11.1 Å². The topological polar surface area (TPSA) is 67.9 Å². The first-order valence-corrected chi connectivity index (χ1v) is 9.94. The first-order valence-electron chi connectivity index (χ1n) is 9.56. The van der Waals surface area contributed by atoms with Crippen LogP contribution in [0.1, 0.15) is 5.56 Å². The molecule has 0 spiro atoms. The molecule has 0 aromatic heterocycles. The molecule has 0 atom stereocenters. The fourth-order valence-corrected chi connectivity index (χ4v) is 3.54. The van der Waals surface area contributed by atoms with E-state index in [4.69, 9.17) is 21.1 Å².